The molecule has 142 valence electrons. The summed E-state index contributed by atoms with van der Waals surface area (Å²) in [5.41, 5.74) is 0.344. The standard InChI is InChI=1S/C16H17N5O4S2/c1-11(15(22)19-12-4-2-6-14(8-12)27(17,23)24)26-16-20-18-10-21(16)9-13-5-3-7-25-13/h2-8,10-11H,9H2,1H3,(H,19,22)(H2,17,23,24)/t11-/m0/s1. The van der Waals surface area contributed by atoms with E-state index in [0.29, 0.717) is 17.4 Å². The lowest BCUT2D eigenvalue weighted by molar-refractivity contribution is -0.115. The van der Waals surface area contributed by atoms with Crippen LogP contribution in [0, 0.1) is 0 Å². The first-order valence-electron chi connectivity index (χ1n) is 7.83. The smallest absolute Gasteiger partial charge is 0.238 e. The summed E-state index contributed by atoms with van der Waals surface area (Å²) in [5.74, 6) is 0.438. The Labute approximate surface area is 160 Å². The molecule has 27 heavy (non-hydrogen) atoms. The Morgan fingerprint density at radius 3 is 2.89 bits per heavy atom. The zero-order chi connectivity index (χ0) is 19.4. The first-order chi connectivity index (χ1) is 12.8. The topological polar surface area (TPSA) is 133 Å². The van der Waals surface area contributed by atoms with Crippen LogP contribution in [0.4, 0.5) is 5.69 Å². The van der Waals surface area contributed by atoms with Crippen LogP contribution in [0.25, 0.3) is 0 Å². The first-order valence-corrected chi connectivity index (χ1v) is 10.3. The van der Waals surface area contributed by atoms with E-state index in [-0.39, 0.29) is 10.8 Å². The fourth-order valence-electron chi connectivity index (χ4n) is 2.22. The number of nitrogens with one attached hydrogen (secondary N) is 1. The van der Waals surface area contributed by atoms with Crippen LogP contribution < -0.4 is 10.5 Å². The second kappa shape index (κ2) is 7.94. The van der Waals surface area contributed by atoms with E-state index in [1.165, 1.54) is 30.0 Å². The maximum Gasteiger partial charge on any atom is 0.238 e. The second-order valence-electron chi connectivity index (χ2n) is 5.64. The van der Waals surface area contributed by atoms with Gasteiger partial charge in [-0.1, -0.05) is 17.8 Å². The highest BCUT2D eigenvalue weighted by Gasteiger charge is 2.19. The highest BCUT2D eigenvalue weighted by molar-refractivity contribution is 8.00. The third-order valence-electron chi connectivity index (χ3n) is 3.57. The van der Waals surface area contributed by atoms with Crippen molar-refractivity contribution in [1.82, 2.24) is 14.8 Å². The number of aromatic nitrogens is 3. The number of primary sulfonamides is 1. The molecule has 1 atom stereocenters. The number of nitrogens with zero attached hydrogens (tertiary/aromatic N) is 3. The summed E-state index contributed by atoms with van der Waals surface area (Å²) in [6, 6.07) is 9.39. The van der Waals surface area contributed by atoms with Crippen molar-refractivity contribution in [3.05, 3.63) is 54.7 Å². The van der Waals surface area contributed by atoms with Crippen LogP contribution in [-0.2, 0) is 21.4 Å². The molecule has 0 spiro atoms. The molecule has 11 heteroatoms. The number of sulfonamides is 1. The predicted molar refractivity (Wildman–Crippen MR) is 99.6 cm³/mol. The van der Waals surface area contributed by atoms with Crippen molar-refractivity contribution in [2.75, 3.05) is 5.32 Å². The molecule has 9 nitrogen and oxygen atoms in total. The summed E-state index contributed by atoms with van der Waals surface area (Å²) in [6.45, 7) is 2.17. The van der Waals surface area contributed by atoms with Crippen LogP contribution in [0.15, 0.2) is 63.5 Å². The number of carbonyl (C=O) groups excluding carboxylic acids is 1. The van der Waals surface area contributed by atoms with E-state index in [0.717, 1.165) is 5.76 Å². The lowest BCUT2D eigenvalue weighted by Crippen LogP contribution is -2.23. The molecule has 3 rings (SSSR count). The highest BCUT2D eigenvalue weighted by atomic mass is 32.2. The molecular weight excluding hydrogens is 390 g/mol. The Balaban J connectivity index is 1.66. The molecule has 3 aromatic rings. The van der Waals surface area contributed by atoms with Gasteiger partial charge in [0.05, 0.1) is 23.0 Å². The van der Waals surface area contributed by atoms with Crippen LogP contribution >= 0.6 is 11.8 Å². The fraction of sp³-hybridized carbons (Fsp3) is 0.188. The van der Waals surface area contributed by atoms with Crippen molar-refractivity contribution >= 4 is 33.4 Å². The number of carbonyl (C=O) groups is 1. The molecule has 0 fully saturated rings. The van der Waals surface area contributed by atoms with Gasteiger partial charge >= 0.3 is 0 Å². The zero-order valence-electron chi connectivity index (χ0n) is 14.3. The molecule has 0 aliphatic rings. The maximum atomic E-state index is 12.4. The normalized spacial score (nSPS) is 12.7. The van der Waals surface area contributed by atoms with Crippen molar-refractivity contribution < 1.29 is 17.6 Å². The Hall–Kier alpha value is -2.63. The fourth-order valence-corrected chi connectivity index (χ4v) is 3.60. The number of hydrogen-bond acceptors (Lipinski definition) is 7. The van der Waals surface area contributed by atoms with Crippen molar-refractivity contribution in [2.45, 2.75) is 28.8 Å². The zero-order valence-corrected chi connectivity index (χ0v) is 15.9. The third-order valence-corrected chi connectivity index (χ3v) is 5.57. The van der Waals surface area contributed by atoms with Crippen molar-refractivity contribution in [3.8, 4) is 0 Å². The van der Waals surface area contributed by atoms with Gasteiger partial charge in [0.1, 0.15) is 12.1 Å². The van der Waals surface area contributed by atoms with Gasteiger partial charge in [-0.3, -0.25) is 4.79 Å². The molecule has 0 aliphatic carbocycles. The van der Waals surface area contributed by atoms with Gasteiger partial charge in [-0.05, 0) is 37.3 Å². The molecule has 0 saturated carbocycles. The lowest BCUT2D eigenvalue weighted by Gasteiger charge is -2.12. The average Bonchev–Trinajstić information content (AvgIpc) is 3.27. The van der Waals surface area contributed by atoms with Gasteiger partial charge in [0.25, 0.3) is 0 Å². The second-order valence-corrected chi connectivity index (χ2v) is 8.51. The quantitative estimate of drug-likeness (QED) is 0.569. The molecule has 1 amide bonds. The highest BCUT2D eigenvalue weighted by Crippen LogP contribution is 2.23. The van der Waals surface area contributed by atoms with Crippen LogP contribution in [0.5, 0.6) is 0 Å². The predicted octanol–water partition coefficient (Wildman–Crippen LogP) is 1.69. The first kappa shape index (κ1) is 19.1. The molecule has 3 N–H and O–H groups in total. The summed E-state index contributed by atoms with van der Waals surface area (Å²) in [4.78, 5) is 12.4. The van der Waals surface area contributed by atoms with E-state index in [1.54, 1.807) is 36.2 Å². The molecule has 2 aromatic heterocycles. The number of anilines is 1. The molecule has 0 bridgehead atoms. The van der Waals surface area contributed by atoms with Crippen LogP contribution in [0.1, 0.15) is 12.7 Å². The van der Waals surface area contributed by atoms with Gasteiger partial charge in [-0.2, -0.15) is 0 Å². The van der Waals surface area contributed by atoms with E-state index in [2.05, 4.69) is 15.5 Å². The SMILES string of the molecule is C[C@H](Sc1nncn1Cc1ccco1)C(=O)Nc1cccc(S(N)(=O)=O)c1. The minimum atomic E-state index is -3.84. The van der Waals surface area contributed by atoms with Crippen LogP contribution in [-0.4, -0.2) is 34.3 Å². The molecule has 0 unspecified atom stereocenters. The Morgan fingerprint density at radius 1 is 1.37 bits per heavy atom. The summed E-state index contributed by atoms with van der Waals surface area (Å²) < 4.78 is 29.9. The minimum Gasteiger partial charge on any atom is -0.467 e. The van der Waals surface area contributed by atoms with E-state index in [9.17, 15) is 13.2 Å². The van der Waals surface area contributed by atoms with Gasteiger partial charge < -0.3 is 14.3 Å². The number of rotatable bonds is 7. The molecule has 1 aromatic carbocycles. The maximum absolute atomic E-state index is 12.4. The molecule has 0 aliphatic heterocycles. The van der Waals surface area contributed by atoms with Gasteiger partial charge in [0.2, 0.25) is 15.9 Å². The van der Waals surface area contributed by atoms with Gasteiger partial charge in [0.15, 0.2) is 5.16 Å². The van der Waals surface area contributed by atoms with Gasteiger partial charge in [0, 0.05) is 5.69 Å². The average molecular weight is 407 g/mol. The van der Waals surface area contributed by atoms with Gasteiger partial charge in [-0.25, -0.2) is 13.6 Å². The monoisotopic (exact) mass is 407 g/mol. The van der Waals surface area contributed by atoms with Crippen molar-refractivity contribution in [1.29, 1.82) is 0 Å². The van der Waals surface area contributed by atoms with Crippen molar-refractivity contribution in [3.63, 3.8) is 0 Å². The Morgan fingerprint density at radius 2 is 2.19 bits per heavy atom. The number of amides is 1. The number of benzene rings is 1. The molecule has 0 saturated heterocycles. The summed E-state index contributed by atoms with van der Waals surface area (Å²) in [6.07, 6.45) is 3.14. The third kappa shape index (κ3) is 4.96. The van der Waals surface area contributed by atoms with E-state index in [1.807, 2.05) is 6.07 Å². The van der Waals surface area contributed by atoms with Gasteiger partial charge in [-0.15, -0.1) is 10.2 Å². The minimum absolute atomic E-state index is 0.0706. The summed E-state index contributed by atoms with van der Waals surface area (Å²) in [7, 11) is -3.84. The number of thioether (sulfide) groups is 1. The van der Waals surface area contributed by atoms with E-state index in [4.69, 9.17) is 9.56 Å². The van der Waals surface area contributed by atoms with E-state index >= 15 is 0 Å². The van der Waals surface area contributed by atoms with Crippen LogP contribution in [0.3, 0.4) is 0 Å². The molecule has 2 heterocycles. The number of furan rings is 1. The summed E-state index contributed by atoms with van der Waals surface area (Å²) >= 11 is 1.23. The summed E-state index contributed by atoms with van der Waals surface area (Å²) in [5, 5.41) is 15.8. The molecular formula is C16H17N5O4S2. The Bertz CT molecular complexity index is 1030. The largest absolute Gasteiger partial charge is 0.467 e. The lowest BCUT2D eigenvalue weighted by atomic mass is 10.3. The van der Waals surface area contributed by atoms with Crippen molar-refractivity contribution in [2.24, 2.45) is 5.14 Å². The van der Waals surface area contributed by atoms with E-state index < -0.39 is 15.3 Å². The van der Waals surface area contributed by atoms with Crippen LogP contribution in [0.2, 0.25) is 0 Å². The Kier molecular flexibility index (Phi) is 5.63. The number of nitrogens with two attached hydrogens (primary N) is 1. The molecule has 0 radical (unpaired) electrons. The number of hydrogen-bond donors (Lipinski definition) is 2.